The summed E-state index contributed by atoms with van der Waals surface area (Å²) in [6.45, 7) is -0.320. The van der Waals surface area contributed by atoms with Gasteiger partial charge in [0.15, 0.2) is 0 Å². The first-order chi connectivity index (χ1) is 14.6. The number of carbonyl (C=O) groups excluding carboxylic acids is 1. The first-order valence-corrected chi connectivity index (χ1v) is 9.32. The zero-order valence-electron chi connectivity index (χ0n) is 16.2. The minimum Gasteiger partial charge on any atom is -0.497 e. The lowest BCUT2D eigenvalue weighted by atomic mass is 10.2. The summed E-state index contributed by atoms with van der Waals surface area (Å²) in [4.78, 5) is 39.0. The number of methoxy groups -OCH3 is 1. The molecule has 0 aliphatic heterocycles. The first-order valence-electron chi connectivity index (χ1n) is 9.32. The van der Waals surface area contributed by atoms with Gasteiger partial charge < -0.3 is 10.1 Å². The van der Waals surface area contributed by atoms with Gasteiger partial charge in [-0.1, -0.05) is 30.3 Å². The third kappa shape index (κ3) is 3.60. The number of hydrogen-bond acceptors (Lipinski definition) is 4. The molecule has 0 atom stereocenters. The summed E-state index contributed by atoms with van der Waals surface area (Å²) < 4.78 is 7.52. The predicted octanol–water partition coefficient (Wildman–Crippen LogP) is 2.80. The zero-order chi connectivity index (χ0) is 21.1. The van der Waals surface area contributed by atoms with Crippen molar-refractivity contribution in [2.24, 2.45) is 0 Å². The molecule has 1 heterocycles. The first kappa shape index (κ1) is 19.2. The van der Waals surface area contributed by atoms with E-state index in [0.29, 0.717) is 22.5 Å². The van der Waals surface area contributed by atoms with Gasteiger partial charge in [0.05, 0.1) is 23.6 Å². The molecule has 1 N–H and O–H groups in total. The zero-order valence-corrected chi connectivity index (χ0v) is 16.2. The Morgan fingerprint density at radius 1 is 0.833 bits per heavy atom. The van der Waals surface area contributed by atoms with Crippen LogP contribution in [-0.2, 0) is 11.3 Å². The highest BCUT2D eigenvalue weighted by Crippen LogP contribution is 2.15. The van der Waals surface area contributed by atoms with Crippen LogP contribution in [0, 0.1) is 0 Å². The van der Waals surface area contributed by atoms with Crippen molar-refractivity contribution >= 4 is 22.4 Å². The lowest BCUT2D eigenvalue weighted by Crippen LogP contribution is -2.40. The van der Waals surface area contributed by atoms with Gasteiger partial charge in [-0.05, 0) is 48.5 Å². The smallest absolute Gasteiger partial charge is 0.278 e. The van der Waals surface area contributed by atoms with E-state index < -0.39 is 11.5 Å². The quantitative estimate of drug-likeness (QED) is 0.558. The molecule has 4 aromatic rings. The molecular weight excluding hydrogens is 382 g/mol. The molecule has 4 rings (SSSR count). The lowest BCUT2D eigenvalue weighted by molar-refractivity contribution is -0.117. The second-order valence-corrected chi connectivity index (χ2v) is 6.64. The molecule has 7 nitrogen and oxygen atoms in total. The van der Waals surface area contributed by atoms with Crippen molar-refractivity contribution in [3.05, 3.63) is 99.6 Å². The summed E-state index contributed by atoms with van der Waals surface area (Å²) in [7, 11) is 1.56. The molecule has 0 saturated carbocycles. The van der Waals surface area contributed by atoms with Crippen molar-refractivity contribution < 1.29 is 9.53 Å². The summed E-state index contributed by atoms with van der Waals surface area (Å²) in [5.74, 6) is 0.235. The number of hydrogen-bond donors (Lipinski definition) is 1. The maximum Gasteiger partial charge on any atom is 0.278 e. The van der Waals surface area contributed by atoms with Gasteiger partial charge in [-0.3, -0.25) is 14.4 Å². The third-order valence-electron chi connectivity index (χ3n) is 4.72. The second kappa shape index (κ2) is 8.08. The van der Waals surface area contributed by atoms with E-state index in [2.05, 4.69) is 5.32 Å². The van der Waals surface area contributed by atoms with E-state index in [-0.39, 0.29) is 17.5 Å². The summed E-state index contributed by atoms with van der Waals surface area (Å²) in [5.41, 5.74) is 0.276. The Bertz CT molecular complexity index is 1320. The average Bonchev–Trinajstić information content (AvgIpc) is 2.78. The molecule has 0 aliphatic carbocycles. The highest BCUT2D eigenvalue weighted by Gasteiger charge is 2.16. The number of carbonyl (C=O) groups is 1. The van der Waals surface area contributed by atoms with Crippen LogP contribution in [0.1, 0.15) is 0 Å². The van der Waals surface area contributed by atoms with Gasteiger partial charge in [0, 0.05) is 5.69 Å². The van der Waals surface area contributed by atoms with E-state index in [1.165, 1.54) is 9.36 Å². The number of nitrogens with one attached hydrogen (secondary N) is 1. The molecule has 1 aromatic heterocycles. The fraction of sp³-hybridized carbons (Fsp3) is 0.0870. The molecule has 0 fully saturated rings. The normalized spacial score (nSPS) is 10.7. The third-order valence-corrected chi connectivity index (χ3v) is 4.72. The minimum atomic E-state index is -0.429. The van der Waals surface area contributed by atoms with E-state index in [1.807, 2.05) is 6.07 Å². The van der Waals surface area contributed by atoms with E-state index in [0.717, 1.165) is 0 Å². The van der Waals surface area contributed by atoms with Crippen LogP contribution in [-0.4, -0.2) is 22.4 Å². The topological polar surface area (TPSA) is 82.3 Å². The van der Waals surface area contributed by atoms with Crippen molar-refractivity contribution in [1.82, 2.24) is 9.36 Å². The number of ether oxygens (including phenoxy) is 1. The van der Waals surface area contributed by atoms with Crippen LogP contribution >= 0.6 is 0 Å². The summed E-state index contributed by atoms with van der Waals surface area (Å²) >= 11 is 0. The molecular formula is C23H19N3O4. The highest BCUT2D eigenvalue weighted by molar-refractivity contribution is 5.91. The SMILES string of the molecule is COc1ccc(NC(=O)Cn2c(=O)c3ccccc3c(=O)n2-c2ccccc2)cc1. The van der Waals surface area contributed by atoms with Gasteiger partial charge in [0.2, 0.25) is 5.91 Å². The molecule has 0 aliphatic rings. The largest absolute Gasteiger partial charge is 0.497 e. The maximum absolute atomic E-state index is 13.2. The number of aromatic nitrogens is 2. The van der Waals surface area contributed by atoms with Crippen molar-refractivity contribution in [3.63, 3.8) is 0 Å². The molecule has 0 spiro atoms. The summed E-state index contributed by atoms with van der Waals surface area (Å²) in [5, 5.41) is 3.32. The highest BCUT2D eigenvalue weighted by atomic mass is 16.5. The Kier molecular flexibility index (Phi) is 5.17. The van der Waals surface area contributed by atoms with Gasteiger partial charge in [-0.25, -0.2) is 9.36 Å². The number of fused-ring (bicyclic) bond motifs is 1. The van der Waals surface area contributed by atoms with Crippen molar-refractivity contribution in [2.45, 2.75) is 6.54 Å². The van der Waals surface area contributed by atoms with Crippen molar-refractivity contribution in [1.29, 1.82) is 0 Å². The van der Waals surface area contributed by atoms with Crippen LogP contribution in [0.2, 0.25) is 0 Å². The number of amides is 1. The van der Waals surface area contributed by atoms with Gasteiger partial charge in [-0.15, -0.1) is 0 Å². The van der Waals surface area contributed by atoms with Gasteiger partial charge in [0.1, 0.15) is 12.3 Å². The lowest BCUT2D eigenvalue weighted by Gasteiger charge is -2.17. The fourth-order valence-corrected chi connectivity index (χ4v) is 3.29. The monoisotopic (exact) mass is 401 g/mol. The molecule has 0 saturated heterocycles. The van der Waals surface area contributed by atoms with E-state index in [9.17, 15) is 14.4 Å². The van der Waals surface area contributed by atoms with Crippen LogP contribution in [0.15, 0.2) is 88.5 Å². The Morgan fingerprint density at radius 2 is 1.43 bits per heavy atom. The van der Waals surface area contributed by atoms with E-state index >= 15 is 0 Å². The van der Waals surface area contributed by atoms with Gasteiger partial charge in [-0.2, -0.15) is 0 Å². The van der Waals surface area contributed by atoms with Crippen molar-refractivity contribution in [2.75, 3.05) is 12.4 Å². The summed E-state index contributed by atoms with van der Waals surface area (Å²) in [6.07, 6.45) is 0. The van der Waals surface area contributed by atoms with Gasteiger partial charge >= 0.3 is 0 Å². The van der Waals surface area contributed by atoms with Crippen LogP contribution in [0.4, 0.5) is 5.69 Å². The van der Waals surface area contributed by atoms with Crippen LogP contribution < -0.4 is 21.2 Å². The molecule has 3 aromatic carbocycles. The average molecular weight is 401 g/mol. The summed E-state index contributed by atoms with van der Waals surface area (Å²) in [6, 6.07) is 22.2. The van der Waals surface area contributed by atoms with Gasteiger partial charge in [0.25, 0.3) is 11.1 Å². The van der Waals surface area contributed by atoms with E-state index in [1.54, 1.807) is 79.9 Å². The Balaban J connectivity index is 1.79. The molecule has 150 valence electrons. The van der Waals surface area contributed by atoms with E-state index in [4.69, 9.17) is 4.74 Å². The number of para-hydroxylation sites is 1. The second-order valence-electron chi connectivity index (χ2n) is 6.64. The molecule has 1 amide bonds. The number of benzene rings is 3. The Labute approximate surface area is 171 Å². The molecule has 30 heavy (non-hydrogen) atoms. The Hall–Kier alpha value is -4.13. The Morgan fingerprint density at radius 3 is 2.07 bits per heavy atom. The minimum absolute atomic E-state index is 0.270. The molecule has 0 bridgehead atoms. The number of anilines is 1. The van der Waals surface area contributed by atoms with Crippen LogP contribution in [0.25, 0.3) is 16.5 Å². The number of nitrogens with zero attached hydrogens (tertiary/aromatic N) is 2. The predicted molar refractivity (Wildman–Crippen MR) is 115 cm³/mol. The fourth-order valence-electron chi connectivity index (χ4n) is 3.29. The molecule has 0 radical (unpaired) electrons. The van der Waals surface area contributed by atoms with Crippen molar-refractivity contribution in [3.8, 4) is 11.4 Å². The number of rotatable bonds is 5. The maximum atomic E-state index is 13.2. The van der Waals surface area contributed by atoms with Crippen LogP contribution in [0.3, 0.4) is 0 Å². The molecule has 7 heteroatoms. The standard InChI is InChI=1S/C23H19N3O4/c1-30-18-13-11-16(12-14-18)24-21(27)15-25-22(28)19-9-5-6-10-20(19)23(29)26(25)17-7-3-2-4-8-17/h2-14H,15H2,1H3,(H,24,27). The van der Waals surface area contributed by atoms with Crippen LogP contribution in [0.5, 0.6) is 5.75 Å². The molecule has 0 unspecified atom stereocenters.